The maximum Gasteiger partial charge on any atom is 0.148 e. The Balaban J connectivity index is 2.00. The third-order valence-electron chi connectivity index (χ3n) is 1.89. The van der Waals surface area contributed by atoms with Crippen molar-refractivity contribution in [3.63, 3.8) is 0 Å². The molecule has 0 aromatic carbocycles. The second-order valence-corrected chi connectivity index (χ2v) is 4.08. The smallest absolute Gasteiger partial charge is 0.148 e. The van der Waals surface area contributed by atoms with Crippen molar-refractivity contribution in [1.29, 1.82) is 0 Å². The summed E-state index contributed by atoms with van der Waals surface area (Å²) in [6.45, 7) is 6.34. The monoisotopic (exact) mass is 185 g/mol. The molecular formula is C9H15NOS. The SMILES string of the molecule is C=CCSCCN1CCC(=O)C1. The van der Waals surface area contributed by atoms with Gasteiger partial charge < -0.3 is 0 Å². The van der Waals surface area contributed by atoms with E-state index in [-0.39, 0.29) is 0 Å². The highest BCUT2D eigenvalue weighted by atomic mass is 32.2. The molecule has 1 aliphatic rings. The topological polar surface area (TPSA) is 20.3 Å². The Morgan fingerprint density at radius 1 is 1.67 bits per heavy atom. The van der Waals surface area contributed by atoms with Crippen molar-refractivity contribution in [3.8, 4) is 0 Å². The van der Waals surface area contributed by atoms with Gasteiger partial charge >= 0.3 is 0 Å². The van der Waals surface area contributed by atoms with Gasteiger partial charge in [-0.2, -0.15) is 11.8 Å². The van der Waals surface area contributed by atoms with Crippen molar-refractivity contribution in [2.75, 3.05) is 31.1 Å². The molecule has 0 spiro atoms. The normalized spacial score (nSPS) is 18.5. The molecule has 0 aromatic heterocycles. The summed E-state index contributed by atoms with van der Waals surface area (Å²) in [6.07, 6.45) is 2.67. The molecule has 0 amide bonds. The maximum atomic E-state index is 10.9. The number of likely N-dealkylation sites (tertiary alicyclic amines) is 1. The summed E-state index contributed by atoms with van der Waals surface area (Å²) in [5, 5.41) is 0. The molecule has 12 heavy (non-hydrogen) atoms. The van der Waals surface area contributed by atoms with E-state index in [1.54, 1.807) is 0 Å². The molecule has 1 rings (SSSR count). The van der Waals surface area contributed by atoms with E-state index in [4.69, 9.17) is 0 Å². The average Bonchev–Trinajstić information content (AvgIpc) is 2.45. The van der Waals surface area contributed by atoms with E-state index in [1.807, 2.05) is 17.8 Å². The number of nitrogens with zero attached hydrogens (tertiary/aromatic N) is 1. The second-order valence-electron chi connectivity index (χ2n) is 2.93. The van der Waals surface area contributed by atoms with Crippen LogP contribution in [0.15, 0.2) is 12.7 Å². The number of hydrogen-bond donors (Lipinski definition) is 0. The van der Waals surface area contributed by atoms with Crippen LogP contribution in [0.3, 0.4) is 0 Å². The molecule has 2 nitrogen and oxygen atoms in total. The van der Waals surface area contributed by atoms with Crippen LogP contribution in [0.5, 0.6) is 0 Å². The highest BCUT2D eigenvalue weighted by Gasteiger charge is 2.17. The zero-order chi connectivity index (χ0) is 8.81. The van der Waals surface area contributed by atoms with E-state index < -0.39 is 0 Å². The summed E-state index contributed by atoms with van der Waals surface area (Å²) in [5.74, 6) is 2.52. The number of ketones is 1. The highest BCUT2D eigenvalue weighted by molar-refractivity contribution is 7.99. The van der Waals surface area contributed by atoms with Crippen LogP contribution < -0.4 is 0 Å². The number of carbonyl (C=O) groups excluding carboxylic acids is 1. The number of hydrogen-bond acceptors (Lipinski definition) is 3. The molecule has 1 fully saturated rings. The van der Waals surface area contributed by atoms with Gasteiger partial charge in [0.25, 0.3) is 0 Å². The molecule has 0 unspecified atom stereocenters. The quantitative estimate of drug-likeness (QED) is 0.474. The highest BCUT2D eigenvalue weighted by Crippen LogP contribution is 2.06. The number of carbonyl (C=O) groups is 1. The molecule has 1 heterocycles. The van der Waals surface area contributed by atoms with Gasteiger partial charge in [-0.05, 0) is 0 Å². The standard InChI is InChI=1S/C9H15NOS/c1-2-6-12-7-5-10-4-3-9(11)8-10/h2H,1,3-8H2. The van der Waals surface area contributed by atoms with Gasteiger partial charge in [0.2, 0.25) is 0 Å². The van der Waals surface area contributed by atoms with Crippen LogP contribution in [0.2, 0.25) is 0 Å². The Labute approximate surface area is 78.0 Å². The van der Waals surface area contributed by atoms with Crippen LogP contribution in [-0.4, -0.2) is 41.8 Å². The van der Waals surface area contributed by atoms with E-state index in [1.165, 1.54) is 0 Å². The summed E-state index contributed by atoms with van der Waals surface area (Å²) >= 11 is 1.87. The van der Waals surface area contributed by atoms with Crippen LogP contribution in [0, 0.1) is 0 Å². The predicted octanol–water partition coefficient (Wildman–Crippen LogP) is 1.18. The van der Waals surface area contributed by atoms with Gasteiger partial charge in [0, 0.05) is 31.0 Å². The fraction of sp³-hybridized carbons (Fsp3) is 0.667. The Morgan fingerprint density at radius 3 is 3.08 bits per heavy atom. The zero-order valence-electron chi connectivity index (χ0n) is 7.29. The molecule has 0 atom stereocenters. The molecule has 1 saturated heterocycles. The van der Waals surface area contributed by atoms with Gasteiger partial charge in [0.05, 0.1) is 6.54 Å². The van der Waals surface area contributed by atoms with E-state index in [0.29, 0.717) is 12.3 Å². The minimum atomic E-state index is 0.392. The van der Waals surface area contributed by atoms with E-state index in [2.05, 4.69) is 11.5 Å². The van der Waals surface area contributed by atoms with Crippen LogP contribution in [0.4, 0.5) is 0 Å². The Morgan fingerprint density at radius 2 is 2.50 bits per heavy atom. The second kappa shape index (κ2) is 5.38. The molecule has 3 heteroatoms. The molecule has 0 N–H and O–H groups in total. The molecule has 1 aliphatic heterocycles. The van der Waals surface area contributed by atoms with Crippen molar-refractivity contribution in [2.45, 2.75) is 6.42 Å². The van der Waals surface area contributed by atoms with Crippen molar-refractivity contribution < 1.29 is 4.79 Å². The molecule has 0 bridgehead atoms. The van der Waals surface area contributed by atoms with Crippen molar-refractivity contribution in [2.24, 2.45) is 0 Å². The van der Waals surface area contributed by atoms with E-state index in [0.717, 1.165) is 31.0 Å². The van der Waals surface area contributed by atoms with Gasteiger partial charge in [0.15, 0.2) is 0 Å². The van der Waals surface area contributed by atoms with Gasteiger partial charge in [-0.25, -0.2) is 0 Å². The lowest BCUT2D eigenvalue weighted by atomic mass is 10.4. The minimum absolute atomic E-state index is 0.392. The molecule has 0 saturated carbocycles. The van der Waals surface area contributed by atoms with Crippen molar-refractivity contribution >= 4 is 17.5 Å². The largest absolute Gasteiger partial charge is 0.298 e. The molecule has 68 valence electrons. The third-order valence-corrected chi connectivity index (χ3v) is 2.84. The fourth-order valence-corrected chi connectivity index (χ4v) is 1.96. The lowest BCUT2D eigenvalue weighted by Crippen LogP contribution is -2.23. The zero-order valence-corrected chi connectivity index (χ0v) is 8.11. The first-order valence-corrected chi connectivity index (χ1v) is 5.41. The van der Waals surface area contributed by atoms with Crippen molar-refractivity contribution in [3.05, 3.63) is 12.7 Å². The Bertz CT molecular complexity index is 170. The number of thioether (sulfide) groups is 1. The Kier molecular flexibility index (Phi) is 4.40. The lowest BCUT2D eigenvalue weighted by Gasteiger charge is -2.11. The fourth-order valence-electron chi connectivity index (χ4n) is 1.24. The molecule has 0 radical (unpaired) electrons. The lowest BCUT2D eigenvalue weighted by molar-refractivity contribution is -0.116. The van der Waals surface area contributed by atoms with Crippen molar-refractivity contribution in [1.82, 2.24) is 4.90 Å². The molecule has 0 aliphatic carbocycles. The van der Waals surface area contributed by atoms with Gasteiger partial charge in [-0.3, -0.25) is 9.69 Å². The van der Waals surface area contributed by atoms with E-state index >= 15 is 0 Å². The maximum absolute atomic E-state index is 10.9. The van der Waals surface area contributed by atoms with E-state index in [9.17, 15) is 4.79 Å². The van der Waals surface area contributed by atoms with Gasteiger partial charge in [0.1, 0.15) is 5.78 Å². The van der Waals surface area contributed by atoms with Gasteiger partial charge in [-0.1, -0.05) is 6.08 Å². The predicted molar refractivity (Wildman–Crippen MR) is 53.6 cm³/mol. The summed E-state index contributed by atoms with van der Waals surface area (Å²) < 4.78 is 0. The minimum Gasteiger partial charge on any atom is -0.298 e. The summed E-state index contributed by atoms with van der Waals surface area (Å²) in [6, 6.07) is 0. The number of rotatable bonds is 5. The van der Waals surface area contributed by atoms with Crippen LogP contribution in [-0.2, 0) is 4.79 Å². The average molecular weight is 185 g/mol. The first-order chi connectivity index (χ1) is 5.83. The Hall–Kier alpha value is -0.280. The van der Waals surface area contributed by atoms with Crippen LogP contribution in [0.25, 0.3) is 0 Å². The van der Waals surface area contributed by atoms with Crippen LogP contribution >= 0.6 is 11.8 Å². The van der Waals surface area contributed by atoms with Crippen LogP contribution in [0.1, 0.15) is 6.42 Å². The summed E-state index contributed by atoms with van der Waals surface area (Å²) in [7, 11) is 0. The first-order valence-electron chi connectivity index (χ1n) is 4.25. The third kappa shape index (κ3) is 3.41. The molecular weight excluding hydrogens is 170 g/mol. The first kappa shape index (κ1) is 9.81. The number of Topliss-reactive ketones (excluding diaryl/α,β-unsaturated/α-hetero) is 1. The van der Waals surface area contributed by atoms with Gasteiger partial charge in [-0.15, -0.1) is 6.58 Å². The molecule has 0 aromatic rings. The summed E-state index contributed by atoms with van der Waals surface area (Å²) in [5.41, 5.74) is 0. The summed E-state index contributed by atoms with van der Waals surface area (Å²) in [4.78, 5) is 13.1.